The van der Waals surface area contributed by atoms with Gasteiger partial charge in [0, 0.05) is 33.7 Å². The van der Waals surface area contributed by atoms with Crippen molar-refractivity contribution in [2.24, 2.45) is 0 Å². The van der Waals surface area contributed by atoms with Gasteiger partial charge in [-0.1, -0.05) is 12.1 Å². The molecule has 0 saturated carbocycles. The molecular weight excluding hydrogens is 387 g/mol. The van der Waals surface area contributed by atoms with Crippen LogP contribution in [0.25, 0.3) is 0 Å². The number of hydrogen-bond acceptors (Lipinski definition) is 5. The third-order valence-electron chi connectivity index (χ3n) is 5.07. The van der Waals surface area contributed by atoms with E-state index in [1.165, 1.54) is 17.0 Å². The van der Waals surface area contributed by atoms with Gasteiger partial charge < -0.3 is 24.4 Å². The molecule has 6 nitrogen and oxygen atoms in total. The second-order valence-electron chi connectivity index (χ2n) is 7.73. The van der Waals surface area contributed by atoms with E-state index >= 15 is 0 Å². The first kappa shape index (κ1) is 22.1. The number of halogens is 1. The number of nitrogens with zero attached hydrogens (tertiary/aromatic N) is 2. The van der Waals surface area contributed by atoms with Crippen LogP contribution in [0.2, 0.25) is 0 Å². The Kier molecular flexibility index (Phi) is 7.65. The van der Waals surface area contributed by atoms with Gasteiger partial charge in [-0.2, -0.15) is 0 Å². The summed E-state index contributed by atoms with van der Waals surface area (Å²) in [5, 5.41) is 10.4. The van der Waals surface area contributed by atoms with E-state index in [0.29, 0.717) is 23.6 Å². The topological polar surface area (TPSA) is 62.2 Å². The van der Waals surface area contributed by atoms with E-state index in [1.807, 2.05) is 0 Å². The molecule has 7 heteroatoms. The molecule has 1 N–H and O–H groups in total. The van der Waals surface area contributed by atoms with Crippen molar-refractivity contribution in [3.8, 4) is 11.5 Å². The summed E-state index contributed by atoms with van der Waals surface area (Å²) in [7, 11) is 3.38. The Morgan fingerprint density at radius 1 is 1.17 bits per heavy atom. The molecule has 0 aliphatic carbocycles. The van der Waals surface area contributed by atoms with E-state index in [9.17, 15) is 14.3 Å². The molecule has 0 spiro atoms. The minimum Gasteiger partial charge on any atom is -0.490 e. The summed E-state index contributed by atoms with van der Waals surface area (Å²) >= 11 is 0. The monoisotopic (exact) mass is 416 g/mol. The van der Waals surface area contributed by atoms with Crippen LogP contribution >= 0.6 is 0 Å². The van der Waals surface area contributed by atoms with Gasteiger partial charge in [-0.3, -0.25) is 4.79 Å². The lowest BCUT2D eigenvalue weighted by atomic mass is 10.1. The predicted molar refractivity (Wildman–Crippen MR) is 112 cm³/mol. The van der Waals surface area contributed by atoms with Crippen LogP contribution in [-0.4, -0.2) is 73.4 Å². The van der Waals surface area contributed by atoms with Crippen LogP contribution < -0.4 is 9.47 Å². The highest BCUT2D eigenvalue weighted by molar-refractivity contribution is 5.96. The van der Waals surface area contributed by atoms with Crippen LogP contribution in [0, 0.1) is 5.82 Å². The number of aliphatic hydroxyl groups excluding tert-OH is 1. The van der Waals surface area contributed by atoms with Crippen molar-refractivity contribution in [1.29, 1.82) is 0 Å². The maximum atomic E-state index is 13.0. The lowest BCUT2D eigenvalue weighted by Crippen LogP contribution is -2.43. The molecular formula is C23H29FN2O4. The molecule has 1 aliphatic rings. The van der Waals surface area contributed by atoms with Gasteiger partial charge in [0.15, 0.2) is 0 Å². The van der Waals surface area contributed by atoms with Gasteiger partial charge in [0.05, 0.1) is 5.56 Å². The molecule has 1 unspecified atom stereocenters. The van der Waals surface area contributed by atoms with Crippen LogP contribution in [-0.2, 0) is 0 Å². The smallest absolute Gasteiger partial charge is 0.257 e. The Bertz CT molecular complexity index is 820. The molecule has 2 aromatic carbocycles. The standard InChI is InChI=1S/C23H29FN2O4/c1-25(2)23(28)21-5-3-4-6-22(21)29-16-18(27)15-26-13-11-20(12-14-26)30-19-9-7-17(24)8-10-19/h3-10,18,20,27H,11-16H2,1-2H3. The maximum Gasteiger partial charge on any atom is 0.257 e. The van der Waals surface area contributed by atoms with E-state index in [4.69, 9.17) is 9.47 Å². The van der Waals surface area contributed by atoms with E-state index < -0.39 is 6.10 Å². The number of benzene rings is 2. The molecule has 3 rings (SSSR count). The fraction of sp³-hybridized carbons (Fsp3) is 0.435. The number of carbonyl (C=O) groups is 1. The highest BCUT2D eigenvalue weighted by atomic mass is 19.1. The highest BCUT2D eigenvalue weighted by Crippen LogP contribution is 2.21. The zero-order valence-electron chi connectivity index (χ0n) is 17.5. The minimum atomic E-state index is -0.665. The Balaban J connectivity index is 1.43. The van der Waals surface area contributed by atoms with Crippen LogP contribution in [0.15, 0.2) is 48.5 Å². The summed E-state index contributed by atoms with van der Waals surface area (Å²) in [5.41, 5.74) is 0.480. The third-order valence-corrected chi connectivity index (χ3v) is 5.07. The van der Waals surface area contributed by atoms with E-state index in [0.717, 1.165) is 25.9 Å². The predicted octanol–water partition coefficient (Wildman–Crippen LogP) is 2.81. The van der Waals surface area contributed by atoms with Gasteiger partial charge in [-0.25, -0.2) is 4.39 Å². The normalized spacial score (nSPS) is 16.1. The van der Waals surface area contributed by atoms with Gasteiger partial charge in [-0.15, -0.1) is 0 Å². The molecule has 0 bridgehead atoms. The lowest BCUT2D eigenvalue weighted by Gasteiger charge is -2.33. The Labute approximate surface area is 176 Å². The van der Waals surface area contributed by atoms with Gasteiger partial charge in [-0.05, 0) is 49.2 Å². The van der Waals surface area contributed by atoms with Crippen molar-refractivity contribution >= 4 is 5.91 Å². The van der Waals surface area contributed by atoms with Gasteiger partial charge in [0.2, 0.25) is 0 Å². The SMILES string of the molecule is CN(C)C(=O)c1ccccc1OCC(O)CN1CCC(Oc2ccc(F)cc2)CC1. The summed E-state index contributed by atoms with van der Waals surface area (Å²) in [6, 6.07) is 13.1. The average Bonchev–Trinajstić information content (AvgIpc) is 2.75. The first-order valence-electron chi connectivity index (χ1n) is 10.2. The number of aliphatic hydroxyl groups is 1. The number of para-hydroxylation sites is 1. The molecule has 1 amide bonds. The first-order chi connectivity index (χ1) is 14.4. The molecule has 1 aliphatic heterocycles. The Morgan fingerprint density at radius 2 is 1.83 bits per heavy atom. The quantitative estimate of drug-likeness (QED) is 0.717. The van der Waals surface area contributed by atoms with Crippen molar-refractivity contribution in [3.05, 3.63) is 59.9 Å². The van der Waals surface area contributed by atoms with Crippen molar-refractivity contribution in [2.45, 2.75) is 25.0 Å². The molecule has 1 saturated heterocycles. The number of amides is 1. The first-order valence-corrected chi connectivity index (χ1v) is 10.2. The summed E-state index contributed by atoms with van der Waals surface area (Å²) in [6.07, 6.45) is 1.10. The Morgan fingerprint density at radius 3 is 2.50 bits per heavy atom. The highest BCUT2D eigenvalue weighted by Gasteiger charge is 2.23. The van der Waals surface area contributed by atoms with Crippen LogP contribution in [0.4, 0.5) is 4.39 Å². The van der Waals surface area contributed by atoms with Crippen LogP contribution in [0.3, 0.4) is 0 Å². The number of hydrogen-bond donors (Lipinski definition) is 1. The number of likely N-dealkylation sites (tertiary alicyclic amines) is 1. The minimum absolute atomic E-state index is 0.0871. The molecule has 1 fully saturated rings. The fourth-order valence-electron chi connectivity index (χ4n) is 3.46. The van der Waals surface area contributed by atoms with Gasteiger partial charge >= 0.3 is 0 Å². The largest absolute Gasteiger partial charge is 0.490 e. The van der Waals surface area contributed by atoms with Gasteiger partial charge in [0.25, 0.3) is 5.91 Å². The molecule has 2 aromatic rings. The maximum absolute atomic E-state index is 13.0. The summed E-state index contributed by atoms with van der Waals surface area (Å²) in [4.78, 5) is 15.9. The number of rotatable bonds is 8. The molecule has 0 radical (unpaired) electrons. The average molecular weight is 416 g/mol. The summed E-state index contributed by atoms with van der Waals surface area (Å²) in [5.74, 6) is 0.737. The van der Waals surface area contributed by atoms with E-state index in [-0.39, 0.29) is 24.4 Å². The van der Waals surface area contributed by atoms with Gasteiger partial charge in [0.1, 0.15) is 36.1 Å². The van der Waals surface area contributed by atoms with Crippen LogP contribution in [0.5, 0.6) is 11.5 Å². The molecule has 1 heterocycles. The molecule has 1 atom stereocenters. The second kappa shape index (κ2) is 10.4. The van der Waals surface area contributed by atoms with Crippen molar-refractivity contribution in [1.82, 2.24) is 9.80 Å². The number of carbonyl (C=O) groups excluding carboxylic acids is 1. The zero-order chi connectivity index (χ0) is 21.5. The van der Waals surface area contributed by atoms with E-state index in [1.54, 1.807) is 50.5 Å². The van der Waals surface area contributed by atoms with Crippen molar-refractivity contribution in [3.63, 3.8) is 0 Å². The van der Waals surface area contributed by atoms with E-state index in [2.05, 4.69) is 4.90 Å². The number of piperidine rings is 1. The molecule has 162 valence electrons. The fourth-order valence-corrected chi connectivity index (χ4v) is 3.46. The molecule has 0 aromatic heterocycles. The molecule has 30 heavy (non-hydrogen) atoms. The second-order valence-corrected chi connectivity index (χ2v) is 7.73. The van der Waals surface area contributed by atoms with Crippen molar-refractivity contribution < 1.29 is 23.8 Å². The summed E-state index contributed by atoms with van der Waals surface area (Å²) < 4.78 is 24.6. The van der Waals surface area contributed by atoms with Crippen LogP contribution in [0.1, 0.15) is 23.2 Å². The lowest BCUT2D eigenvalue weighted by molar-refractivity contribution is 0.0398. The number of ether oxygens (including phenoxy) is 2. The number of β-amino-alcohol motifs (C(OH)–C–C–N with tert-alkyl or cyclic N) is 1. The Hall–Kier alpha value is -2.64. The summed E-state index contributed by atoms with van der Waals surface area (Å²) in [6.45, 7) is 2.22. The van der Waals surface area contributed by atoms with Crippen molar-refractivity contribution in [2.75, 3.05) is 40.3 Å². The zero-order valence-corrected chi connectivity index (χ0v) is 17.5. The third kappa shape index (κ3) is 6.18.